The van der Waals surface area contributed by atoms with E-state index in [1.165, 1.54) is 0 Å². The molecular formula is C11H23N3O. The third-order valence-electron chi connectivity index (χ3n) is 2.70. The minimum Gasteiger partial charge on any atom is -0.393 e. The molecule has 0 aromatic carbocycles. The van der Waals surface area contributed by atoms with Crippen LogP contribution >= 0.6 is 0 Å². The second kappa shape index (κ2) is 6.67. The summed E-state index contributed by atoms with van der Waals surface area (Å²) in [6, 6.07) is 0.470. The molecular weight excluding hydrogens is 190 g/mol. The number of aliphatic hydroxyl groups excluding tert-OH is 1. The van der Waals surface area contributed by atoms with Gasteiger partial charge in [-0.2, -0.15) is 0 Å². The van der Waals surface area contributed by atoms with Crippen LogP contribution in [0.15, 0.2) is 4.99 Å². The molecule has 15 heavy (non-hydrogen) atoms. The van der Waals surface area contributed by atoms with Crippen molar-refractivity contribution in [3.05, 3.63) is 0 Å². The van der Waals surface area contributed by atoms with Gasteiger partial charge in [0.2, 0.25) is 0 Å². The van der Waals surface area contributed by atoms with Gasteiger partial charge in [-0.3, -0.25) is 4.99 Å². The van der Waals surface area contributed by atoms with E-state index in [0.29, 0.717) is 6.04 Å². The van der Waals surface area contributed by atoms with Crippen LogP contribution in [0.25, 0.3) is 0 Å². The van der Waals surface area contributed by atoms with Crippen molar-refractivity contribution >= 4 is 5.96 Å². The van der Waals surface area contributed by atoms with Crippen molar-refractivity contribution < 1.29 is 5.11 Å². The molecule has 88 valence electrons. The van der Waals surface area contributed by atoms with Crippen LogP contribution in [-0.2, 0) is 0 Å². The van der Waals surface area contributed by atoms with Crippen molar-refractivity contribution in [2.24, 2.45) is 4.99 Å². The van der Waals surface area contributed by atoms with E-state index in [1.54, 1.807) is 0 Å². The highest BCUT2D eigenvalue weighted by atomic mass is 16.3. The first-order valence-electron chi connectivity index (χ1n) is 5.99. The summed E-state index contributed by atoms with van der Waals surface area (Å²) in [6.45, 7) is 5.78. The molecule has 1 aliphatic carbocycles. The van der Waals surface area contributed by atoms with Crippen LogP contribution in [0, 0.1) is 0 Å². The number of aliphatic imine (C=N–C) groups is 1. The Balaban J connectivity index is 2.34. The Bertz CT molecular complexity index is 198. The summed E-state index contributed by atoms with van der Waals surface area (Å²) >= 11 is 0. The second-order valence-corrected chi connectivity index (χ2v) is 4.00. The van der Waals surface area contributed by atoms with Crippen molar-refractivity contribution in [1.29, 1.82) is 0 Å². The molecule has 0 radical (unpaired) electrons. The van der Waals surface area contributed by atoms with Gasteiger partial charge in [0.25, 0.3) is 0 Å². The summed E-state index contributed by atoms with van der Waals surface area (Å²) in [6.07, 6.45) is 3.80. The van der Waals surface area contributed by atoms with E-state index >= 15 is 0 Å². The number of rotatable bonds is 3. The highest BCUT2D eigenvalue weighted by Gasteiger charge is 2.19. The first kappa shape index (κ1) is 12.3. The molecule has 0 heterocycles. The average molecular weight is 213 g/mol. The third-order valence-corrected chi connectivity index (χ3v) is 2.70. The Morgan fingerprint density at radius 2 is 1.93 bits per heavy atom. The standard InChI is InChI=1S/C11H23N3O/c1-3-12-11(13-4-2)14-9-5-7-10(15)8-6-9/h9-10,15H,3-8H2,1-2H3,(H2,12,13,14). The Morgan fingerprint density at radius 3 is 2.47 bits per heavy atom. The van der Waals surface area contributed by atoms with Crippen molar-refractivity contribution in [3.63, 3.8) is 0 Å². The van der Waals surface area contributed by atoms with Crippen molar-refractivity contribution in [3.8, 4) is 0 Å². The van der Waals surface area contributed by atoms with E-state index in [4.69, 9.17) is 0 Å². The highest BCUT2D eigenvalue weighted by molar-refractivity contribution is 5.80. The van der Waals surface area contributed by atoms with Gasteiger partial charge in [0, 0.05) is 19.1 Å². The zero-order chi connectivity index (χ0) is 11.1. The molecule has 0 aromatic heterocycles. The summed E-state index contributed by atoms with van der Waals surface area (Å²) < 4.78 is 0. The predicted molar refractivity (Wildman–Crippen MR) is 63.1 cm³/mol. The molecule has 1 fully saturated rings. The van der Waals surface area contributed by atoms with Crippen molar-refractivity contribution in [1.82, 2.24) is 10.6 Å². The largest absolute Gasteiger partial charge is 0.393 e. The van der Waals surface area contributed by atoms with Gasteiger partial charge in [0.05, 0.1) is 6.10 Å². The zero-order valence-electron chi connectivity index (χ0n) is 9.79. The summed E-state index contributed by atoms with van der Waals surface area (Å²) in [5.41, 5.74) is 0. The van der Waals surface area contributed by atoms with Gasteiger partial charge in [0.1, 0.15) is 0 Å². The molecule has 0 unspecified atom stereocenters. The van der Waals surface area contributed by atoms with Gasteiger partial charge in [-0.1, -0.05) is 0 Å². The molecule has 0 aromatic rings. The fourth-order valence-corrected chi connectivity index (χ4v) is 1.89. The average Bonchev–Trinajstić information content (AvgIpc) is 2.22. The number of nitrogens with zero attached hydrogens (tertiary/aromatic N) is 1. The minimum atomic E-state index is -0.0891. The second-order valence-electron chi connectivity index (χ2n) is 4.00. The minimum absolute atomic E-state index is 0.0891. The quantitative estimate of drug-likeness (QED) is 0.481. The van der Waals surface area contributed by atoms with Crippen LogP contribution in [0.2, 0.25) is 0 Å². The molecule has 0 spiro atoms. The summed E-state index contributed by atoms with van der Waals surface area (Å²) in [5, 5.41) is 16.0. The molecule has 1 rings (SSSR count). The number of hydrogen-bond donors (Lipinski definition) is 3. The molecule has 0 atom stereocenters. The number of aliphatic hydroxyl groups is 1. The van der Waals surface area contributed by atoms with Crippen LogP contribution in [-0.4, -0.2) is 36.3 Å². The van der Waals surface area contributed by atoms with Gasteiger partial charge in [-0.05, 0) is 39.5 Å². The Labute approximate surface area is 92.2 Å². The van der Waals surface area contributed by atoms with E-state index in [2.05, 4.69) is 22.5 Å². The maximum absolute atomic E-state index is 9.39. The monoisotopic (exact) mass is 213 g/mol. The SMILES string of the molecule is CCN=C(NCC)NC1CCC(O)CC1. The predicted octanol–water partition coefficient (Wildman–Crippen LogP) is 0.865. The lowest BCUT2D eigenvalue weighted by Crippen LogP contribution is -2.45. The van der Waals surface area contributed by atoms with E-state index in [0.717, 1.165) is 44.7 Å². The van der Waals surface area contributed by atoms with Crippen LogP contribution < -0.4 is 10.6 Å². The lowest BCUT2D eigenvalue weighted by Gasteiger charge is -2.27. The fourth-order valence-electron chi connectivity index (χ4n) is 1.89. The van der Waals surface area contributed by atoms with Crippen LogP contribution in [0.3, 0.4) is 0 Å². The first-order chi connectivity index (χ1) is 7.26. The molecule has 0 bridgehead atoms. The van der Waals surface area contributed by atoms with Crippen LogP contribution in [0.4, 0.5) is 0 Å². The van der Waals surface area contributed by atoms with Crippen molar-refractivity contribution in [2.45, 2.75) is 51.7 Å². The van der Waals surface area contributed by atoms with E-state index in [1.807, 2.05) is 6.92 Å². The molecule has 3 N–H and O–H groups in total. The summed E-state index contributed by atoms with van der Waals surface area (Å²) in [5.74, 6) is 0.904. The number of guanidine groups is 1. The third kappa shape index (κ3) is 4.51. The summed E-state index contributed by atoms with van der Waals surface area (Å²) in [4.78, 5) is 4.36. The summed E-state index contributed by atoms with van der Waals surface area (Å²) in [7, 11) is 0. The first-order valence-corrected chi connectivity index (χ1v) is 5.99. The normalized spacial score (nSPS) is 27.5. The van der Waals surface area contributed by atoms with Gasteiger partial charge < -0.3 is 15.7 Å². The lowest BCUT2D eigenvalue weighted by atomic mass is 9.93. The van der Waals surface area contributed by atoms with E-state index < -0.39 is 0 Å². The number of hydrogen-bond acceptors (Lipinski definition) is 2. The maximum Gasteiger partial charge on any atom is 0.191 e. The van der Waals surface area contributed by atoms with Crippen molar-refractivity contribution in [2.75, 3.05) is 13.1 Å². The molecule has 1 saturated carbocycles. The lowest BCUT2D eigenvalue weighted by molar-refractivity contribution is 0.120. The molecule has 0 saturated heterocycles. The van der Waals surface area contributed by atoms with Crippen LogP contribution in [0.5, 0.6) is 0 Å². The van der Waals surface area contributed by atoms with Crippen LogP contribution in [0.1, 0.15) is 39.5 Å². The smallest absolute Gasteiger partial charge is 0.191 e. The zero-order valence-corrected chi connectivity index (χ0v) is 9.79. The van der Waals surface area contributed by atoms with Gasteiger partial charge in [-0.25, -0.2) is 0 Å². The Morgan fingerprint density at radius 1 is 1.27 bits per heavy atom. The molecule has 1 aliphatic rings. The number of nitrogens with one attached hydrogen (secondary N) is 2. The van der Waals surface area contributed by atoms with E-state index in [9.17, 15) is 5.11 Å². The molecule has 4 heteroatoms. The Kier molecular flexibility index (Phi) is 5.47. The fraction of sp³-hybridized carbons (Fsp3) is 0.909. The van der Waals surface area contributed by atoms with Gasteiger partial charge in [0.15, 0.2) is 5.96 Å². The topological polar surface area (TPSA) is 56.7 Å². The van der Waals surface area contributed by atoms with Gasteiger partial charge >= 0.3 is 0 Å². The van der Waals surface area contributed by atoms with Gasteiger partial charge in [-0.15, -0.1) is 0 Å². The maximum atomic E-state index is 9.39. The molecule has 4 nitrogen and oxygen atoms in total. The molecule has 0 amide bonds. The molecule has 0 aliphatic heterocycles. The Hall–Kier alpha value is -0.770. The highest BCUT2D eigenvalue weighted by Crippen LogP contribution is 2.17. The van der Waals surface area contributed by atoms with E-state index in [-0.39, 0.29) is 6.10 Å².